The van der Waals surface area contributed by atoms with Gasteiger partial charge in [0.25, 0.3) is 0 Å². The zero-order chi connectivity index (χ0) is 19.1. The first kappa shape index (κ1) is 19.1. The molecule has 0 aromatic carbocycles. The number of nitriles is 1. The molecule has 0 spiro atoms. The van der Waals surface area contributed by atoms with Gasteiger partial charge < -0.3 is 24.5 Å². The number of rotatable bonds is 9. The molecule has 2 aromatic heterocycles. The zero-order valence-corrected chi connectivity index (χ0v) is 15.4. The number of esters is 1. The molecule has 1 aliphatic carbocycles. The van der Waals surface area contributed by atoms with Crippen LogP contribution in [0.25, 0.3) is 11.0 Å². The predicted molar refractivity (Wildman–Crippen MR) is 99.5 cm³/mol. The van der Waals surface area contributed by atoms with E-state index in [4.69, 9.17) is 19.5 Å². The Hall–Kier alpha value is -2.63. The van der Waals surface area contributed by atoms with Crippen molar-refractivity contribution in [3.8, 4) is 6.07 Å². The molecular formula is C19H24N4O4. The van der Waals surface area contributed by atoms with E-state index in [2.05, 4.69) is 21.4 Å². The molecule has 0 radical (unpaired) electrons. The largest absolute Gasteiger partial charge is 0.460 e. The Balaban J connectivity index is 1.72. The van der Waals surface area contributed by atoms with Crippen LogP contribution in [-0.2, 0) is 14.2 Å². The summed E-state index contributed by atoms with van der Waals surface area (Å²) in [5, 5.41) is 13.0. The summed E-state index contributed by atoms with van der Waals surface area (Å²) in [7, 11) is 1.56. The smallest absolute Gasteiger partial charge is 0.341 e. The fourth-order valence-electron chi connectivity index (χ4n) is 3.31. The number of aromatic amines is 1. The molecule has 27 heavy (non-hydrogen) atoms. The van der Waals surface area contributed by atoms with Crippen molar-refractivity contribution in [3.63, 3.8) is 0 Å². The highest BCUT2D eigenvalue weighted by Crippen LogP contribution is 2.31. The molecule has 0 aliphatic heterocycles. The van der Waals surface area contributed by atoms with Gasteiger partial charge in [-0.05, 0) is 25.3 Å². The molecule has 2 aromatic rings. The van der Waals surface area contributed by atoms with E-state index >= 15 is 0 Å². The van der Waals surface area contributed by atoms with Crippen molar-refractivity contribution < 1.29 is 19.0 Å². The van der Waals surface area contributed by atoms with Gasteiger partial charge in [-0.25, -0.2) is 9.78 Å². The highest BCUT2D eigenvalue weighted by molar-refractivity contribution is 6.04. The van der Waals surface area contributed by atoms with Gasteiger partial charge in [-0.15, -0.1) is 0 Å². The molecule has 144 valence electrons. The lowest BCUT2D eigenvalue weighted by Gasteiger charge is -2.18. The Morgan fingerprint density at radius 3 is 3.11 bits per heavy atom. The van der Waals surface area contributed by atoms with E-state index < -0.39 is 5.97 Å². The third kappa shape index (κ3) is 4.76. The van der Waals surface area contributed by atoms with Gasteiger partial charge in [0.05, 0.1) is 37.5 Å². The summed E-state index contributed by atoms with van der Waals surface area (Å²) < 4.78 is 15.9. The molecule has 1 fully saturated rings. The number of carbonyl (C=O) groups excluding carboxylic acids is 1. The van der Waals surface area contributed by atoms with Crippen molar-refractivity contribution in [1.82, 2.24) is 9.97 Å². The number of nitrogens with zero attached hydrogens (tertiary/aromatic N) is 2. The second kappa shape index (κ2) is 9.35. The molecule has 2 unspecified atom stereocenters. The zero-order valence-electron chi connectivity index (χ0n) is 15.4. The molecule has 1 saturated carbocycles. The quantitative estimate of drug-likeness (QED) is 0.514. The normalized spacial score (nSPS) is 19.1. The number of ether oxygens (including phenoxy) is 3. The van der Waals surface area contributed by atoms with Crippen LogP contribution in [-0.4, -0.2) is 55.0 Å². The molecule has 1 aliphatic rings. The van der Waals surface area contributed by atoms with Crippen LogP contribution in [0.5, 0.6) is 0 Å². The van der Waals surface area contributed by atoms with E-state index in [0.717, 1.165) is 30.3 Å². The van der Waals surface area contributed by atoms with Crippen molar-refractivity contribution in [2.75, 3.05) is 32.2 Å². The van der Waals surface area contributed by atoms with Crippen LogP contribution in [0.3, 0.4) is 0 Å². The van der Waals surface area contributed by atoms with E-state index in [1.54, 1.807) is 13.3 Å². The first-order valence-electron chi connectivity index (χ1n) is 9.10. The lowest BCUT2D eigenvalue weighted by molar-refractivity contribution is 0.0389. The lowest BCUT2D eigenvalue weighted by atomic mass is 10.1. The van der Waals surface area contributed by atoms with Gasteiger partial charge in [0.15, 0.2) is 0 Å². The molecule has 2 atom stereocenters. The summed E-state index contributed by atoms with van der Waals surface area (Å²) in [6, 6.07) is 4.17. The highest BCUT2D eigenvalue weighted by atomic mass is 16.6. The summed E-state index contributed by atoms with van der Waals surface area (Å²) in [6.45, 7) is 0.999. The molecule has 2 heterocycles. The van der Waals surface area contributed by atoms with Gasteiger partial charge in [-0.3, -0.25) is 0 Å². The first-order chi connectivity index (χ1) is 13.2. The number of anilines is 1. The Kier molecular flexibility index (Phi) is 6.63. The maximum Gasteiger partial charge on any atom is 0.341 e. The van der Waals surface area contributed by atoms with Gasteiger partial charge in [0.2, 0.25) is 0 Å². The van der Waals surface area contributed by atoms with Crippen LogP contribution >= 0.6 is 0 Å². The molecule has 0 bridgehead atoms. The standard InChI is InChI=1S/C19H24N4O4/c1-25-9-10-27-19(24)16-12-22-18-15(5-7-21-18)17(16)23-13-3-4-14(11-13)26-8-2-6-20/h5,7,12-14H,2-4,8-11H2,1H3,(H2,21,22,23). The number of hydrogen-bond acceptors (Lipinski definition) is 7. The number of hydrogen-bond donors (Lipinski definition) is 2. The van der Waals surface area contributed by atoms with Crippen molar-refractivity contribution >= 4 is 22.7 Å². The van der Waals surface area contributed by atoms with Crippen LogP contribution in [0.1, 0.15) is 36.0 Å². The van der Waals surface area contributed by atoms with E-state index in [9.17, 15) is 4.79 Å². The minimum atomic E-state index is -0.426. The van der Waals surface area contributed by atoms with E-state index in [1.165, 1.54) is 6.20 Å². The van der Waals surface area contributed by atoms with E-state index in [0.29, 0.717) is 30.8 Å². The predicted octanol–water partition coefficient (Wildman–Crippen LogP) is 2.63. The Bertz CT molecular complexity index is 814. The topological polar surface area (TPSA) is 109 Å². The fourth-order valence-corrected chi connectivity index (χ4v) is 3.31. The Morgan fingerprint density at radius 1 is 1.41 bits per heavy atom. The second-order valence-corrected chi connectivity index (χ2v) is 6.47. The molecule has 8 nitrogen and oxygen atoms in total. The maximum absolute atomic E-state index is 12.5. The molecular weight excluding hydrogens is 348 g/mol. The molecule has 2 N–H and O–H groups in total. The summed E-state index contributed by atoms with van der Waals surface area (Å²) >= 11 is 0. The molecule has 8 heteroatoms. The van der Waals surface area contributed by atoms with E-state index in [-0.39, 0.29) is 18.8 Å². The van der Waals surface area contributed by atoms with Gasteiger partial charge in [-0.1, -0.05) is 0 Å². The van der Waals surface area contributed by atoms with Crippen LogP contribution in [0.15, 0.2) is 18.5 Å². The lowest BCUT2D eigenvalue weighted by Crippen LogP contribution is -2.21. The average Bonchev–Trinajstić information content (AvgIpc) is 3.32. The average molecular weight is 372 g/mol. The number of H-pyrrole nitrogens is 1. The third-order valence-corrected chi connectivity index (χ3v) is 4.63. The number of aromatic nitrogens is 2. The van der Waals surface area contributed by atoms with Gasteiger partial charge in [0.1, 0.15) is 17.8 Å². The van der Waals surface area contributed by atoms with Crippen LogP contribution in [0.4, 0.5) is 5.69 Å². The number of pyridine rings is 1. The fraction of sp³-hybridized carbons (Fsp3) is 0.526. The monoisotopic (exact) mass is 372 g/mol. The Labute approximate surface area is 157 Å². The number of fused-ring (bicyclic) bond motifs is 1. The summed E-state index contributed by atoms with van der Waals surface area (Å²) in [5.41, 5.74) is 1.85. The molecule has 0 amide bonds. The maximum atomic E-state index is 12.5. The van der Waals surface area contributed by atoms with Crippen LogP contribution in [0, 0.1) is 11.3 Å². The van der Waals surface area contributed by atoms with Crippen molar-refractivity contribution in [2.24, 2.45) is 0 Å². The van der Waals surface area contributed by atoms with Crippen LogP contribution in [0.2, 0.25) is 0 Å². The van der Waals surface area contributed by atoms with Crippen molar-refractivity contribution in [1.29, 1.82) is 5.26 Å². The summed E-state index contributed by atoms with van der Waals surface area (Å²) in [6.07, 6.45) is 6.56. The van der Waals surface area contributed by atoms with Gasteiger partial charge >= 0.3 is 5.97 Å². The number of methoxy groups -OCH3 is 1. The number of carbonyl (C=O) groups is 1. The molecule has 0 saturated heterocycles. The summed E-state index contributed by atoms with van der Waals surface area (Å²) in [4.78, 5) is 19.9. The number of nitrogens with one attached hydrogen (secondary N) is 2. The van der Waals surface area contributed by atoms with Crippen LogP contribution < -0.4 is 5.32 Å². The summed E-state index contributed by atoms with van der Waals surface area (Å²) in [5.74, 6) is -0.426. The highest BCUT2D eigenvalue weighted by Gasteiger charge is 2.27. The molecule has 3 rings (SSSR count). The van der Waals surface area contributed by atoms with Gasteiger partial charge in [0, 0.05) is 30.9 Å². The third-order valence-electron chi connectivity index (χ3n) is 4.63. The minimum Gasteiger partial charge on any atom is -0.460 e. The minimum absolute atomic E-state index is 0.136. The SMILES string of the molecule is COCCOC(=O)c1cnc2[nH]ccc2c1NC1CCC(OCCC#N)C1. The van der Waals surface area contributed by atoms with Gasteiger partial charge in [-0.2, -0.15) is 5.26 Å². The first-order valence-corrected chi connectivity index (χ1v) is 9.10. The van der Waals surface area contributed by atoms with Crippen molar-refractivity contribution in [2.45, 2.75) is 37.8 Å². The van der Waals surface area contributed by atoms with Crippen molar-refractivity contribution in [3.05, 3.63) is 24.0 Å². The van der Waals surface area contributed by atoms with E-state index in [1.807, 2.05) is 6.07 Å². The Morgan fingerprint density at radius 2 is 2.30 bits per heavy atom. The second-order valence-electron chi connectivity index (χ2n) is 6.47.